The van der Waals surface area contributed by atoms with Crippen molar-refractivity contribution in [2.45, 2.75) is 33.7 Å². The van der Waals surface area contributed by atoms with Gasteiger partial charge in [-0.05, 0) is 38.0 Å². The highest BCUT2D eigenvalue weighted by Gasteiger charge is 2.09. The minimum Gasteiger partial charge on any atom is -0.378 e. The lowest BCUT2D eigenvalue weighted by molar-refractivity contribution is 0.967. The van der Waals surface area contributed by atoms with Crippen LogP contribution in [0.25, 0.3) is 0 Å². The molecule has 0 amide bonds. The zero-order chi connectivity index (χ0) is 14.5. The Morgan fingerprint density at radius 1 is 1.35 bits per heavy atom. The molecule has 2 aromatic rings. The second-order valence-corrected chi connectivity index (χ2v) is 4.70. The summed E-state index contributed by atoms with van der Waals surface area (Å²) in [5.74, 6) is 0. The molecule has 0 fully saturated rings. The third-order valence-corrected chi connectivity index (χ3v) is 3.25. The first-order valence-electron chi connectivity index (χ1n) is 6.70. The van der Waals surface area contributed by atoms with Crippen LogP contribution in [0.2, 0.25) is 0 Å². The lowest BCUT2D eigenvalue weighted by atomic mass is 10.1. The van der Waals surface area contributed by atoms with E-state index in [1.807, 2.05) is 26.0 Å². The van der Waals surface area contributed by atoms with Gasteiger partial charge in [0.15, 0.2) is 0 Å². The Bertz CT molecular complexity index is 656. The van der Waals surface area contributed by atoms with Gasteiger partial charge in [-0.15, -0.1) is 0 Å². The standard InChI is InChI=1S/C16H18N4/c1-4-13-6-5-7-18-16(13)10-19-15-8-11(2)20-12(3)14(15)9-17/h5-8H,4,10H2,1-3H3,(H,19,20). The Morgan fingerprint density at radius 2 is 2.15 bits per heavy atom. The second-order valence-electron chi connectivity index (χ2n) is 4.70. The molecule has 0 spiro atoms. The third kappa shape index (κ3) is 2.94. The monoisotopic (exact) mass is 266 g/mol. The number of rotatable bonds is 4. The Labute approximate surface area is 119 Å². The smallest absolute Gasteiger partial charge is 0.103 e. The van der Waals surface area contributed by atoms with Gasteiger partial charge in [-0.1, -0.05) is 13.0 Å². The first-order chi connectivity index (χ1) is 9.65. The molecule has 4 nitrogen and oxygen atoms in total. The molecule has 4 heteroatoms. The quantitative estimate of drug-likeness (QED) is 0.923. The predicted molar refractivity (Wildman–Crippen MR) is 79.4 cm³/mol. The number of aromatic nitrogens is 2. The molecule has 2 heterocycles. The first-order valence-corrected chi connectivity index (χ1v) is 6.70. The number of hydrogen-bond donors (Lipinski definition) is 1. The molecule has 0 aliphatic rings. The molecule has 20 heavy (non-hydrogen) atoms. The van der Waals surface area contributed by atoms with Crippen molar-refractivity contribution < 1.29 is 0 Å². The van der Waals surface area contributed by atoms with E-state index in [-0.39, 0.29) is 0 Å². The maximum absolute atomic E-state index is 9.24. The van der Waals surface area contributed by atoms with Crippen LogP contribution >= 0.6 is 0 Å². The van der Waals surface area contributed by atoms with Gasteiger partial charge in [-0.2, -0.15) is 5.26 Å². The molecule has 0 aromatic carbocycles. The summed E-state index contributed by atoms with van der Waals surface area (Å²) in [6.45, 7) is 6.51. The van der Waals surface area contributed by atoms with Crippen LogP contribution in [-0.4, -0.2) is 9.97 Å². The van der Waals surface area contributed by atoms with E-state index in [0.29, 0.717) is 12.1 Å². The molecular weight excluding hydrogens is 248 g/mol. The van der Waals surface area contributed by atoms with Crippen molar-refractivity contribution in [3.8, 4) is 6.07 Å². The lowest BCUT2D eigenvalue weighted by Crippen LogP contribution is -2.07. The normalized spacial score (nSPS) is 10.1. The zero-order valence-corrected chi connectivity index (χ0v) is 12.1. The van der Waals surface area contributed by atoms with Gasteiger partial charge in [0.2, 0.25) is 0 Å². The van der Waals surface area contributed by atoms with E-state index in [9.17, 15) is 5.26 Å². The summed E-state index contributed by atoms with van der Waals surface area (Å²) in [6.07, 6.45) is 2.74. The van der Waals surface area contributed by atoms with Crippen molar-refractivity contribution in [2.75, 3.05) is 5.32 Å². The predicted octanol–water partition coefficient (Wildman–Crippen LogP) is 3.14. The van der Waals surface area contributed by atoms with E-state index >= 15 is 0 Å². The van der Waals surface area contributed by atoms with Crippen LogP contribution in [0.3, 0.4) is 0 Å². The first kappa shape index (κ1) is 14.0. The van der Waals surface area contributed by atoms with Gasteiger partial charge in [0.25, 0.3) is 0 Å². The number of pyridine rings is 2. The van der Waals surface area contributed by atoms with Gasteiger partial charge >= 0.3 is 0 Å². The number of anilines is 1. The number of nitrogens with one attached hydrogen (secondary N) is 1. The van der Waals surface area contributed by atoms with Gasteiger partial charge in [0, 0.05) is 11.9 Å². The molecule has 0 radical (unpaired) electrons. The molecule has 0 bridgehead atoms. The molecule has 2 aromatic heterocycles. The van der Waals surface area contributed by atoms with Crippen LogP contribution in [-0.2, 0) is 13.0 Å². The second kappa shape index (κ2) is 6.16. The summed E-state index contributed by atoms with van der Waals surface area (Å²) in [5, 5.41) is 12.6. The van der Waals surface area contributed by atoms with Crippen LogP contribution in [0.1, 0.15) is 35.1 Å². The van der Waals surface area contributed by atoms with Crippen molar-refractivity contribution >= 4 is 5.69 Å². The maximum atomic E-state index is 9.24. The molecular formula is C16H18N4. The molecule has 0 atom stereocenters. The summed E-state index contributed by atoms with van der Waals surface area (Å²) in [6, 6.07) is 8.14. The maximum Gasteiger partial charge on any atom is 0.103 e. The van der Waals surface area contributed by atoms with E-state index in [1.54, 1.807) is 6.20 Å². The van der Waals surface area contributed by atoms with Crippen LogP contribution in [0.15, 0.2) is 24.4 Å². The van der Waals surface area contributed by atoms with Crippen molar-refractivity contribution in [1.82, 2.24) is 9.97 Å². The molecule has 102 valence electrons. The summed E-state index contributed by atoms with van der Waals surface area (Å²) in [7, 11) is 0. The molecule has 0 aliphatic carbocycles. The van der Waals surface area contributed by atoms with Crippen LogP contribution < -0.4 is 5.32 Å². The minimum atomic E-state index is 0.601. The lowest BCUT2D eigenvalue weighted by Gasteiger charge is -2.12. The molecule has 0 unspecified atom stereocenters. The van der Waals surface area contributed by atoms with Crippen LogP contribution in [0.5, 0.6) is 0 Å². The number of aryl methyl sites for hydroxylation is 3. The summed E-state index contributed by atoms with van der Waals surface area (Å²) in [5.41, 5.74) is 5.33. The van der Waals surface area contributed by atoms with Gasteiger partial charge in [-0.25, -0.2) is 0 Å². The molecule has 0 aliphatic heterocycles. The highest BCUT2D eigenvalue weighted by molar-refractivity contribution is 5.59. The Balaban J connectivity index is 2.25. The van der Waals surface area contributed by atoms with E-state index in [1.165, 1.54) is 5.56 Å². The third-order valence-electron chi connectivity index (χ3n) is 3.25. The van der Waals surface area contributed by atoms with Crippen molar-refractivity contribution in [1.29, 1.82) is 5.26 Å². The average molecular weight is 266 g/mol. The number of hydrogen-bond acceptors (Lipinski definition) is 4. The van der Waals surface area contributed by atoms with Gasteiger partial charge in [0.05, 0.1) is 29.2 Å². The van der Waals surface area contributed by atoms with Gasteiger partial charge in [0.1, 0.15) is 6.07 Å². The largest absolute Gasteiger partial charge is 0.378 e. The summed E-state index contributed by atoms with van der Waals surface area (Å²) in [4.78, 5) is 8.72. The highest BCUT2D eigenvalue weighted by Crippen LogP contribution is 2.19. The fraction of sp³-hybridized carbons (Fsp3) is 0.312. The van der Waals surface area contributed by atoms with E-state index < -0.39 is 0 Å². The van der Waals surface area contributed by atoms with Gasteiger partial charge < -0.3 is 5.32 Å². The molecule has 1 N–H and O–H groups in total. The fourth-order valence-corrected chi connectivity index (χ4v) is 2.24. The van der Waals surface area contributed by atoms with E-state index in [2.05, 4.69) is 34.3 Å². The number of nitriles is 1. The van der Waals surface area contributed by atoms with Crippen molar-refractivity contribution in [3.05, 3.63) is 52.6 Å². The van der Waals surface area contributed by atoms with E-state index in [4.69, 9.17) is 0 Å². The zero-order valence-electron chi connectivity index (χ0n) is 12.1. The Hall–Kier alpha value is -2.41. The fourth-order valence-electron chi connectivity index (χ4n) is 2.24. The molecule has 2 rings (SSSR count). The summed E-state index contributed by atoms with van der Waals surface area (Å²) < 4.78 is 0. The molecule has 0 saturated carbocycles. The topological polar surface area (TPSA) is 61.6 Å². The van der Waals surface area contributed by atoms with Crippen LogP contribution in [0, 0.1) is 25.2 Å². The average Bonchev–Trinajstić information content (AvgIpc) is 2.45. The van der Waals surface area contributed by atoms with E-state index in [0.717, 1.165) is 29.2 Å². The minimum absolute atomic E-state index is 0.601. The Morgan fingerprint density at radius 3 is 2.85 bits per heavy atom. The van der Waals surface area contributed by atoms with Crippen molar-refractivity contribution in [2.24, 2.45) is 0 Å². The molecule has 0 saturated heterocycles. The van der Waals surface area contributed by atoms with Gasteiger partial charge in [-0.3, -0.25) is 9.97 Å². The summed E-state index contributed by atoms with van der Waals surface area (Å²) >= 11 is 0. The van der Waals surface area contributed by atoms with Crippen LogP contribution in [0.4, 0.5) is 5.69 Å². The van der Waals surface area contributed by atoms with Crippen molar-refractivity contribution in [3.63, 3.8) is 0 Å². The number of nitrogens with zero attached hydrogens (tertiary/aromatic N) is 3. The SMILES string of the molecule is CCc1cccnc1CNc1cc(C)nc(C)c1C#N. The Kier molecular flexibility index (Phi) is 4.31. The highest BCUT2D eigenvalue weighted by atomic mass is 14.9.